The summed E-state index contributed by atoms with van der Waals surface area (Å²) in [6.07, 6.45) is 3.51. The van der Waals surface area contributed by atoms with Crippen molar-refractivity contribution in [1.82, 2.24) is 9.97 Å². The van der Waals surface area contributed by atoms with Crippen molar-refractivity contribution in [1.29, 1.82) is 0 Å². The normalized spacial score (nSPS) is 10.3. The first-order chi connectivity index (χ1) is 8.56. The summed E-state index contributed by atoms with van der Waals surface area (Å²) >= 11 is 0. The lowest BCUT2D eigenvalue weighted by Crippen LogP contribution is -2.07. The third-order valence-electron chi connectivity index (χ3n) is 2.70. The number of hydrogen-bond acceptors (Lipinski definition) is 4. The Kier molecular flexibility index (Phi) is 3.37. The van der Waals surface area contributed by atoms with Crippen molar-refractivity contribution in [3.05, 3.63) is 53.1 Å². The minimum Gasteiger partial charge on any atom is -0.398 e. The van der Waals surface area contributed by atoms with Gasteiger partial charge in [0.1, 0.15) is 0 Å². The highest BCUT2D eigenvalue weighted by molar-refractivity contribution is 5.98. The van der Waals surface area contributed by atoms with Crippen LogP contribution in [0.3, 0.4) is 0 Å². The van der Waals surface area contributed by atoms with Gasteiger partial charge in [-0.1, -0.05) is 0 Å². The van der Waals surface area contributed by atoms with E-state index in [1.807, 2.05) is 13.8 Å². The van der Waals surface area contributed by atoms with Crippen molar-refractivity contribution in [2.24, 2.45) is 0 Å². The summed E-state index contributed by atoms with van der Waals surface area (Å²) in [5.74, 6) is 0.0308. The fraction of sp³-hybridized carbons (Fsp3) is 0.214. The number of rotatable bonds is 3. The van der Waals surface area contributed by atoms with E-state index in [4.69, 9.17) is 5.73 Å². The minimum atomic E-state index is 0.0308. The molecule has 4 heteroatoms. The summed E-state index contributed by atoms with van der Waals surface area (Å²) < 4.78 is 0. The number of Topliss-reactive ketones (excluding diaryl/α,β-unsaturated/α-hetero) is 1. The third-order valence-corrected chi connectivity index (χ3v) is 2.70. The molecule has 0 aliphatic carbocycles. The van der Waals surface area contributed by atoms with Crippen LogP contribution in [0.25, 0.3) is 0 Å². The summed E-state index contributed by atoms with van der Waals surface area (Å²) in [6.45, 7) is 3.75. The number of nitrogens with zero attached hydrogens (tertiary/aromatic N) is 2. The Hall–Kier alpha value is -2.23. The lowest BCUT2D eigenvalue weighted by atomic mass is 10.0. The molecule has 2 N–H and O–H groups in total. The average Bonchev–Trinajstić information content (AvgIpc) is 2.31. The molecule has 0 fully saturated rings. The van der Waals surface area contributed by atoms with Crippen LogP contribution in [0.2, 0.25) is 0 Å². The van der Waals surface area contributed by atoms with E-state index < -0.39 is 0 Å². The quantitative estimate of drug-likeness (QED) is 0.835. The number of nitrogen functional groups attached to an aromatic ring is 1. The number of hydrogen-bond donors (Lipinski definition) is 1. The number of aromatic nitrogens is 2. The molecule has 0 unspecified atom stereocenters. The Labute approximate surface area is 106 Å². The van der Waals surface area contributed by atoms with Crippen molar-refractivity contribution < 1.29 is 4.79 Å². The van der Waals surface area contributed by atoms with E-state index in [1.54, 1.807) is 30.6 Å². The molecule has 0 spiro atoms. The van der Waals surface area contributed by atoms with E-state index in [9.17, 15) is 4.79 Å². The van der Waals surface area contributed by atoms with Gasteiger partial charge in [0, 0.05) is 47.0 Å². The molecule has 2 aromatic rings. The van der Waals surface area contributed by atoms with E-state index in [2.05, 4.69) is 9.97 Å². The van der Waals surface area contributed by atoms with Crippen molar-refractivity contribution in [3.8, 4) is 0 Å². The van der Waals surface area contributed by atoms with E-state index in [0.29, 0.717) is 11.3 Å². The number of anilines is 1. The molecule has 0 aliphatic rings. The minimum absolute atomic E-state index is 0.0308. The highest BCUT2D eigenvalue weighted by Gasteiger charge is 2.10. The fourth-order valence-corrected chi connectivity index (χ4v) is 1.86. The molecule has 0 aliphatic heterocycles. The van der Waals surface area contributed by atoms with Gasteiger partial charge in [-0.3, -0.25) is 14.8 Å². The zero-order valence-electron chi connectivity index (χ0n) is 10.5. The largest absolute Gasteiger partial charge is 0.398 e. The Morgan fingerprint density at radius 1 is 1.28 bits per heavy atom. The van der Waals surface area contributed by atoms with Crippen LogP contribution in [0.4, 0.5) is 5.69 Å². The molecular weight excluding hydrogens is 226 g/mol. The summed E-state index contributed by atoms with van der Waals surface area (Å²) in [5, 5.41) is 0. The molecular formula is C14H15N3O. The Morgan fingerprint density at radius 2 is 1.94 bits per heavy atom. The first-order valence-electron chi connectivity index (χ1n) is 5.73. The first-order valence-corrected chi connectivity index (χ1v) is 5.73. The maximum Gasteiger partial charge on any atom is 0.167 e. The van der Waals surface area contributed by atoms with Crippen molar-refractivity contribution in [2.45, 2.75) is 20.3 Å². The molecule has 4 nitrogen and oxygen atoms in total. The number of ketones is 1. The first kappa shape index (κ1) is 12.2. The van der Waals surface area contributed by atoms with Crippen LogP contribution in [0.15, 0.2) is 30.6 Å². The topological polar surface area (TPSA) is 68.9 Å². The molecule has 0 saturated heterocycles. The molecule has 2 rings (SSSR count). The highest BCUT2D eigenvalue weighted by atomic mass is 16.1. The van der Waals surface area contributed by atoms with Gasteiger partial charge in [0.2, 0.25) is 0 Å². The van der Waals surface area contributed by atoms with Crippen LogP contribution in [0.1, 0.15) is 27.3 Å². The third kappa shape index (κ3) is 2.71. The van der Waals surface area contributed by atoms with Crippen molar-refractivity contribution >= 4 is 11.5 Å². The van der Waals surface area contributed by atoms with Gasteiger partial charge in [0.15, 0.2) is 5.78 Å². The SMILES string of the molecule is Cc1cc(C(=O)Cc2cnccc2N)cc(C)n1. The lowest BCUT2D eigenvalue weighted by Gasteiger charge is -2.05. The highest BCUT2D eigenvalue weighted by Crippen LogP contribution is 2.14. The fourth-order valence-electron chi connectivity index (χ4n) is 1.86. The van der Waals surface area contributed by atoms with Gasteiger partial charge in [0.25, 0.3) is 0 Å². The van der Waals surface area contributed by atoms with Gasteiger partial charge >= 0.3 is 0 Å². The maximum atomic E-state index is 12.2. The zero-order chi connectivity index (χ0) is 13.1. The second-order valence-electron chi connectivity index (χ2n) is 4.31. The summed E-state index contributed by atoms with van der Waals surface area (Å²) in [6, 6.07) is 5.29. The van der Waals surface area contributed by atoms with Gasteiger partial charge in [-0.25, -0.2) is 0 Å². The number of carbonyl (C=O) groups is 1. The molecule has 0 atom stereocenters. The standard InChI is InChI=1S/C14H15N3O/c1-9-5-11(6-10(2)17-9)14(18)7-12-8-16-4-3-13(12)15/h3-6,8H,7H2,1-2H3,(H2,15,16). The molecule has 92 valence electrons. The van der Waals surface area contributed by atoms with Gasteiger partial charge in [0.05, 0.1) is 0 Å². The van der Waals surface area contributed by atoms with Gasteiger partial charge in [-0.2, -0.15) is 0 Å². The van der Waals surface area contributed by atoms with E-state index in [-0.39, 0.29) is 12.2 Å². The van der Waals surface area contributed by atoms with Gasteiger partial charge < -0.3 is 5.73 Å². The van der Waals surface area contributed by atoms with Gasteiger partial charge in [-0.05, 0) is 32.0 Å². The molecule has 0 bridgehead atoms. The molecule has 0 saturated carbocycles. The van der Waals surface area contributed by atoms with E-state index in [0.717, 1.165) is 17.0 Å². The van der Waals surface area contributed by atoms with E-state index in [1.165, 1.54) is 0 Å². The second kappa shape index (κ2) is 4.96. The van der Waals surface area contributed by atoms with Crippen LogP contribution in [0.5, 0.6) is 0 Å². The average molecular weight is 241 g/mol. The summed E-state index contributed by atoms with van der Waals surface area (Å²) in [4.78, 5) is 20.4. The number of aryl methyl sites for hydroxylation is 2. The molecule has 2 heterocycles. The van der Waals surface area contributed by atoms with Crippen molar-refractivity contribution in [3.63, 3.8) is 0 Å². The molecule has 0 aromatic carbocycles. The number of nitrogens with two attached hydrogens (primary N) is 1. The Bertz CT molecular complexity index is 573. The predicted octanol–water partition coefficient (Wildman–Crippen LogP) is 2.10. The van der Waals surface area contributed by atoms with Crippen molar-refractivity contribution in [2.75, 3.05) is 5.73 Å². The molecule has 0 radical (unpaired) electrons. The molecule has 0 amide bonds. The van der Waals surface area contributed by atoms with Crippen LogP contribution in [-0.2, 0) is 6.42 Å². The molecule has 18 heavy (non-hydrogen) atoms. The zero-order valence-corrected chi connectivity index (χ0v) is 10.5. The number of carbonyl (C=O) groups excluding carboxylic acids is 1. The smallest absolute Gasteiger partial charge is 0.167 e. The summed E-state index contributed by atoms with van der Waals surface area (Å²) in [7, 11) is 0. The Morgan fingerprint density at radius 3 is 2.56 bits per heavy atom. The lowest BCUT2D eigenvalue weighted by molar-refractivity contribution is 0.0992. The van der Waals surface area contributed by atoms with Crippen LogP contribution in [-0.4, -0.2) is 15.8 Å². The van der Waals surface area contributed by atoms with Gasteiger partial charge in [-0.15, -0.1) is 0 Å². The van der Waals surface area contributed by atoms with Crippen LogP contribution >= 0.6 is 0 Å². The monoisotopic (exact) mass is 241 g/mol. The van der Waals surface area contributed by atoms with Crippen LogP contribution in [0, 0.1) is 13.8 Å². The number of pyridine rings is 2. The van der Waals surface area contributed by atoms with E-state index >= 15 is 0 Å². The Balaban J connectivity index is 2.25. The molecule has 2 aromatic heterocycles. The summed E-state index contributed by atoms with van der Waals surface area (Å²) in [5.41, 5.74) is 9.52. The van der Waals surface area contributed by atoms with Crippen LogP contribution < -0.4 is 5.73 Å². The second-order valence-corrected chi connectivity index (χ2v) is 4.31. The maximum absolute atomic E-state index is 12.2. The predicted molar refractivity (Wildman–Crippen MR) is 70.4 cm³/mol.